The van der Waals surface area contributed by atoms with Crippen molar-refractivity contribution in [2.45, 2.75) is 12.2 Å². The lowest BCUT2D eigenvalue weighted by molar-refractivity contribution is -0.137. The Morgan fingerprint density at radius 2 is 1.88 bits per heavy atom. The van der Waals surface area contributed by atoms with Gasteiger partial charge in [-0.2, -0.15) is 13.2 Å². The van der Waals surface area contributed by atoms with Crippen molar-refractivity contribution in [2.24, 2.45) is 0 Å². The fraction of sp³-hybridized carbons (Fsp3) is 0.125. The highest BCUT2D eigenvalue weighted by Crippen LogP contribution is 2.33. The van der Waals surface area contributed by atoms with Gasteiger partial charge in [0, 0.05) is 29.2 Å². The largest absolute Gasteiger partial charge is 0.447 e. The van der Waals surface area contributed by atoms with Crippen molar-refractivity contribution in [1.29, 1.82) is 0 Å². The van der Waals surface area contributed by atoms with Crippen molar-refractivity contribution in [3.05, 3.63) is 102 Å². The average Bonchev–Trinajstić information content (AvgIpc) is 3.18. The normalized spacial score (nSPS) is 16.2. The van der Waals surface area contributed by atoms with Crippen LogP contribution in [-0.4, -0.2) is 27.6 Å². The van der Waals surface area contributed by atoms with Crippen molar-refractivity contribution in [2.75, 3.05) is 11.9 Å². The predicted octanol–water partition coefficient (Wildman–Crippen LogP) is 5.86. The molecule has 9 heteroatoms. The summed E-state index contributed by atoms with van der Waals surface area (Å²) in [6, 6.07) is 15.7. The highest BCUT2D eigenvalue weighted by atomic mass is 32.1. The minimum Gasteiger partial charge on any atom is -0.447 e. The van der Waals surface area contributed by atoms with E-state index in [1.807, 2.05) is 30.3 Å². The summed E-state index contributed by atoms with van der Waals surface area (Å²) in [5.74, 6) is 0. The molecule has 167 valence electrons. The zero-order chi connectivity index (χ0) is 23.4. The number of aromatic nitrogens is 1. The maximum Gasteiger partial charge on any atom is 0.417 e. The first-order chi connectivity index (χ1) is 15.8. The molecular weight excluding hydrogens is 451 g/mol. The van der Waals surface area contributed by atoms with Crippen LogP contribution in [0.25, 0.3) is 6.08 Å². The van der Waals surface area contributed by atoms with Gasteiger partial charge in [0.2, 0.25) is 0 Å². The molecule has 1 radical (unpaired) electrons. The number of anilines is 1. The van der Waals surface area contributed by atoms with Gasteiger partial charge in [0.05, 0.1) is 17.8 Å². The van der Waals surface area contributed by atoms with Gasteiger partial charge in [-0.1, -0.05) is 60.7 Å². The molecule has 0 bridgehead atoms. The topological polar surface area (TPSA) is 54.5 Å². The van der Waals surface area contributed by atoms with Crippen LogP contribution in [0.5, 0.6) is 0 Å². The fourth-order valence-electron chi connectivity index (χ4n) is 3.38. The van der Waals surface area contributed by atoms with Gasteiger partial charge < -0.3 is 10.1 Å². The van der Waals surface area contributed by atoms with E-state index in [4.69, 9.17) is 17.0 Å². The van der Waals surface area contributed by atoms with E-state index in [0.29, 0.717) is 11.3 Å². The number of carbonyl (C=O) groups excluding carboxylic acids is 1. The van der Waals surface area contributed by atoms with Gasteiger partial charge in [0.25, 0.3) is 0 Å². The van der Waals surface area contributed by atoms with Crippen molar-refractivity contribution in [3.8, 4) is 0 Å². The summed E-state index contributed by atoms with van der Waals surface area (Å²) >= 11 is 5.26. The number of cyclic esters (lactones) is 1. The van der Waals surface area contributed by atoms with Gasteiger partial charge in [-0.25, -0.2) is 4.79 Å². The maximum absolute atomic E-state index is 13.4. The number of rotatable bonds is 5. The van der Waals surface area contributed by atoms with E-state index < -0.39 is 17.8 Å². The predicted molar refractivity (Wildman–Crippen MR) is 121 cm³/mol. The van der Waals surface area contributed by atoms with E-state index in [-0.39, 0.29) is 23.2 Å². The van der Waals surface area contributed by atoms with E-state index in [1.54, 1.807) is 6.07 Å². The van der Waals surface area contributed by atoms with Crippen LogP contribution >= 0.6 is 12.2 Å². The lowest BCUT2D eigenvalue weighted by Gasteiger charge is -2.17. The number of nitrogens with one attached hydrogen (secondary N) is 1. The Labute approximate surface area is 193 Å². The molecule has 5 nitrogen and oxygen atoms in total. The molecule has 0 saturated carbocycles. The molecule has 1 amide bonds. The van der Waals surface area contributed by atoms with Crippen LogP contribution in [-0.2, 0) is 10.9 Å². The van der Waals surface area contributed by atoms with Crippen LogP contribution in [0.4, 0.5) is 23.7 Å². The van der Waals surface area contributed by atoms with Gasteiger partial charge in [-0.15, -0.1) is 0 Å². The van der Waals surface area contributed by atoms with Crippen molar-refractivity contribution >= 4 is 35.1 Å². The number of hydrogen-bond donors (Lipinski definition) is 1. The number of hydrogen-bond acceptors (Lipinski definition) is 4. The molecule has 1 aromatic heterocycles. The van der Waals surface area contributed by atoms with Gasteiger partial charge in [0.1, 0.15) is 11.6 Å². The molecule has 1 N–H and O–H groups in total. The number of ether oxygens (including phenoxy) is 1. The third-order valence-corrected chi connectivity index (χ3v) is 5.32. The summed E-state index contributed by atoms with van der Waals surface area (Å²) in [5, 5.41) is 2.85. The zero-order valence-electron chi connectivity index (χ0n) is 17.0. The molecule has 0 aliphatic carbocycles. The first kappa shape index (κ1) is 22.5. The van der Waals surface area contributed by atoms with E-state index >= 15 is 0 Å². The minimum atomic E-state index is -4.54. The maximum atomic E-state index is 13.4. The van der Waals surface area contributed by atoms with E-state index in [1.165, 1.54) is 41.6 Å². The van der Waals surface area contributed by atoms with Crippen LogP contribution in [0.3, 0.4) is 0 Å². The van der Waals surface area contributed by atoms with Gasteiger partial charge in [-0.3, -0.25) is 9.88 Å². The Morgan fingerprint density at radius 3 is 2.64 bits per heavy atom. The summed E-state index contributed by atoms with van der Waals surface area (Å²) in [5.41, 5.74) is 0.826. The summed E-state index contributed by atoms with van der Waals surface area (Å²) in [6.45, 7) is 0.181. The Balaban J connectivity index is 1.58. The summed E-state index contributed by atoms with van der Waals surface area (Å²) < 4.78 is 45.3. The molecule has 0 spiro atoms. The SMILES string of the molecule is O=C1OC[C@@H](c2ccccc2)N1[C]=Cc1cnccc1NC(=S)c1ccccc1C(F)(F)F. The van der Waals surface area contributed by atoms with Crippen LogP contribution < -0.4 is 5.32 Å². The molecule has 33 heavy (non-hydrogen) atoms. The molecule has 2 heterocycles. The molecule has 0 unspecified atom stereocenters. The van der Waals surface area contributed by atoms with Crippen LogP contribution in [0.15, 0.2) is 73.1 Å². The Morgan fingerprint density at radius 1 is 1.15 bits per heavy atom. The molecule has 4 rings (SSSR count). The number of alkyl halides is 3. The van der Waals surface area contributed by atoms with Crippen molar-refractivity contribution in [3.63, 3.8) is 0 Å². The summed E-state index contributed by atoms with van der Waals surface area (Å²) in [6.07, 6.45) is 2.31. The smallest absolute Gasteiger partial charge is 0.417 e. The molecule has 1 aliphatic rings. The lowest BCUT2D eigenvalue weighted by atomic mass is 10.1. The van der Waals surface area contributed by atoms with Crippen LogP contribution in [0, 0.1) is 6.20 Å². The second-order valence-electron chi connectivity index (χ2n) is 7.11. The minimum absolute atomic E-state index is 0.0912. The highest BCUT2D eigenvalue weighted by molar-refractivity contribution is 7.81. The monoisotopic (exact) mass is 468 g/mol. The van der Waals surface area contributed by atoms with Crippen molar-refractivity contribution < 1.29 is 22.7 Å². The average molecular weight is 468 g/mol. The number of carbonyl (C=O) groups is 1. The van der Waals surface area contributed by atoms with Crippen molar-refractivity contribution in [1.82, 2.24) is 9.88 Å². The first-order valence-corrected chi connectivity index (χ1v) is 10.3. The van der Waals surface area contributed by atoms with Crippen LogP contribution in [0.1, 0.15) is 28.3 Å². The van der Waals surface area contributed by atoms with Gasteiger partial charge in [-0.05, 0) is 23.8 Å². The first-order valence-electron chi connectivity index (χ1n) is 9.86. The summed E-state index contributed by atoms with van der Waals surface area (Å²) in [7, 11) is 0. The number of halogens is 3. The molecule has 3 aromatic rings. The molecule has 2 aromatic carbocycles. The fourth-order valence-corrected chi connectivity index (χ4v) is 3.67. The standard InChI is InChI=1S/C24H17F3N3O2S/c25-24(26,27)19-9-5-4-8-18(19)22(33)29-20-10-12-28-14-17(20)11-13-30-21(15-32-23(30)31)16-6-2-1-3-7-16/h1-12,14,21H,15H2,(H,28,29,33)/t21-/m0/s1. The summed E-state index contributed by atoms with van der Waals surface area (Å²) in [4.78, 5) is 17.5. The molecular formula is C24H17F3N3O2S. The number of nitrogens with zero attached hydrogens (tertiary/aromatic N) is 2. The molecule has 1 saturated heterocycles. The third kappa shape index (κ3) is 5.04. The molecule has 1 aliphatic heterocycles. The molecule has 1 fully saturated rings. The van der Waals surface area contributed by atoms with E-state index in [9.17, 15) is 18.0 Å². The number of benzene rings is 2. The Hall–Kier alpha value is -3.72. The second kappa shape index (κ2) is 9.41. The van der Waals surface area contributed by atoms with Gasteiger partial charge >= 0.3 is 12.3 Å². The Kier molecular flexibility index (Phi) is 6.41. The third-order valence-electron chi connectivity index (χ3n) is 4.99. The lowest BCUT2D eigenvalue weighted by Crippen LogP contribution is -2.22. The zero-order valence-corrected chi connectivity index (χ0v) is 17.9. The Bertz CT molecular complexity index is 1200. The number of pyridine rings is 1. The molecule has 1 atom stereocenters. The quantitative estimate of drug-likeness (QED) is 0.476. The number of thiocarbonyl (C=S) groups is 1. The highest BCUT2D eigenvalue weighted by Gasteiger charge is 2.34. The van der Waals surface area contributed by atoms with Gasteiger partial charge in [0.15, 0.2) is 0 Å². The van der Waals surface area contributed by atoms with E-state index in [0.717, 1.165) is 11.6 Å². The van der Waals surface area contributed by atoms with E-state index in [2.05, 4.69) is 16.5 Å². The number of amides is 1. The van der Waals surface area contributed by atoms with Crippen LogP contribution in [0.2, 0.25) is 0 Å². The second-order valence-corrected chi connectivity index (χ2v) is 7.52.